The number of halogens is 1. The third kappa shape index (κ3) is 5.17. The molecule has 2 aromatic rings. The Morgan fingerprint density at radius 1 is 0.952 bits per heavy atom. The van der Waals surface area contributed by atoms with Crippen LogP contribution in [0.5, 0.6) is 5.75 Å². The van der Waals surface area contributed by atoms with Gasteiger partial charge in [-0.3, -0.25) is 4.90 Å². The van der Waals surface area contributed by atoms with Crippen LogP contribution in [0.2, 0.25) is 0 Å². The van der Waals surface area contributed by atoms with Crippen molar-refractivity contribution in [2.45, 2.75) is 6.54 Å². The van der Waals surface area contributed by atoms with Crippen molar-refractivity contribution in [3.05, 3.63) is 66.0 Å². The monoisotopic (exact) mass is 288 g/mol. The first-order chi connectivity index (χ1) is 10.3. The summed E-state index contributed by atoms with van der Waals surface area (Å²) >= 11 is 0. The van der Waals surface area contributed by atoms with E-state index in [-0.39, 0.29) is 5.82 Å². The van der Waals surface area contributed by atoms with Crippen molar-refractivity contribution in [3.63, 3.8) is 0 Å². The second-order valence-corrected chi connectivity index (χ2v) is 4.83. The molecule has 0 amide bonds. The van der Waals surface area contributed by atoms with Crippen LogP contribution in [0.1, 0.15) is 5.56 Å². The summed E-state index contributed by atoms with van der Waals surface area (Å²) in [7, 11) is 0. The van der Waals surface area contributed by atoms with Crippen molar-refractivity contribution in [1.82, 2.24) is 4.90 Å². The van der Waals surface area contributed by atoms with Crippen LogP contribution in [-0.4, -0.2) is 31.1 Å². The molecule has 0 fully saturated rings. The van der Waals surface area contributed by atoms with Crippen LogP contribution >= 0.6 is 0 Å². The van der Waals surface area contributed by atoms with Gasteiger partial charge in [-0.25, -0.2) is 4.39 Å². The first kappa shape index (κ1) is 15.5. The van der Waals surface area contributed by atoms with Gasteiger partial charge in [0.25, 0.3) is 0 Å². The molecule has 0 aliphatic rings. The summed E-state index contributed by atoms with van der Waals surface area (Å²) in [5.74, 6) is -0.0316. The van der Waals surface area contributed by atoms with Gasteiger partial charge in [-0.15, -0.1) is 0 Å². The van der Waals surface area contributed by atoms with Crippen molar-refractivity contribution >= 4 is 0 Å². The highest BCUT2D eigenvalue weighted by Crippen LogP contribution is 2.15. The Labute approximate surface area is 125 Å². The van der Waals surface area contributed by atoms with Crippen LogP contribution in [0.4, 0.5) is 4.39 Å². The lowest BCUT2D eigenvalue weighted by molar-refractivity contribution is 0.202. The van der Waals surface area contributed by atoms with Crippen molar-refractivity contribution in [2.75, 3.05) is 26.2 Å². The summed E-state index contributed by atoms with van der Waals surface area (Å²) in [4.78, 5) is 2.20. The SMILES string of the molecule is NCCN(CCOc1ccccc1F)Cc1ccccc1. The molecule has 0 saturated carbocycles. The van der Waals surface area contributed by atoms with Gasteiger partial charge in [0.15, 0.2) is 11.6 Å². The molecule has 0 heterocycles. The van der Waals surface area contributed by atoms with Crippen molar-refractivity contribution < 1.29 is 9.13 Å². The van der Waals surface area contributed by atoms with Gasteiger partial charge in [-0.05, 0) is 17.7 Å². The molecule has 2 aromatic carbocycles. The van der Waals surface area contributed by atoms with E-state index in [0.29, 0.717) is 25.4 Å². The minimum Gasteiger partial charge on any atom is -0.489 e. The zero-order chi connectivity index (χ0) is 14.9. The Morgan fingerprint density at radius 2 is 1.67 bits per heavy atom. The molecular weight excluding hydrogens is 267 g/mol. The fourth-order valence-corrected chi connectivity index (χ4v) is 2.14. The number of hydrogen-bond acceptors (Lipinski definition) is 3. The highest BCUT2D eigenvalue weighted by Gasteiger charge is 2.07. The van der Waals surface area contributed by atoms with E-state index in [0.717, 1.165) is 13.1 Å². The number of nitrogens with zero attached hydrogens (tertiary/aromatic N) is 1. The molecule has 2 N–H and O–H groups in total. The Morgan fingerprint density at radius 3 is 2.38 bits per heavy atom. The number of ether oxygens (including phenoxy) is 1. The van der Waals surface area contributed by atoms with E-state index in [4.69, 9.17) is 10.5 Å². The highest BCUT2D eigenvalue weighted by molar-refractivity contribution is 5.23. The zero-order valence-electron chi connectivity index (χ0n) is 12.0. The maximum atomic E-state index is 13.5. The third-order valence-corrected chi connectivity index (χ3v) is 3.20. The number of rotatable bonds is 8. The molecule has 0 aliphatic heterocycles. The number of para-hydroxylation sites is 1. The fraction of sp³-hybridized carbons (Fsp3) is 0.294. The van der Waals surface area contributed by atoms with Gasteiger partial charge in [-0.2, -0.15) is 0 Å². The van der Waals surface area contributed by atoms with E-state index in [1.807, 2.05) is 18.2 Å². The maximum absolute atomic E-state index is 13.5. The van der Waals surface area contributed by atoms with Crippen LogP contribution in [0.3, 0.4) is 0 Å². The third-order valence-electron chi connectivity index (χ3n) is 3.20. The lowest BCUT2D eigenvalue weighted by atomic mass is 10.2. The molecule has 3 nitrogen and oxygen atoms in total. The van der Waals surface area contributed by atoms with Gasteiger partial charge in [0.1, 0.15) is 6.61 Å². The summed E-state index contributed by atoms with van der Waals surface area (Å²) < 4.78 is 18.9. The van der Waals surface area contributed by atoms with Crippen LogP contribution in [0.25, 0.3) is 0 Å². The molecular formula is C17H21FN2O. The van der Waals surface area contributed by atoms with Crippen LogP contribution < -0.4 is 10.5 Å². The minimum absolute atomic E-state index is 0.296. The molecule has 2 rings (SSSR count). The second-order valence-electron chi connectivity index (χ2n) is 4.83. The quantitative estimate of drug-likeness (QED) is 0.811. The van der Waals surface area contributed by atoms with Gasteiger partial charge in [0.05, 0.1) is 0 Å². The number of hydrogen-bond donors (Lipinski definition) is 1. The predicted octanol–water partition coefficient (Wildman–Crippen LogP) is 2.67. The molecule has 4 heteroatoms. The van der Waals surface area contributed by atoms with Crippen molar-refractivity contribution in [1.29, 1.82) is 0 Å². The second kappa shape index (κ2) is 8.39. The van der Waals surface area contributed by atoms with E-state index in [2.05, 4.69) is 17.0 Å². The largest absolute Gasteiger partial charge is 0.489 e. The highest BCUT2D eigenvalue weighted by atomic mass is 19.1. The molecule has 21 heavy (non-hydrogen) atoms. The minimum atomic E-state index is -0.328. The maximum Gasteiger partial charge on any atom is 0.165 e. The van der Waals surface area contributed by atoms with E-state index in [1.54, 1.807) is 18.2 Å². The van der Waals surface area contributed by atoms with Gasteiger partial charge in [0, 0.05) is 26.2 Å². The van der Waals surface area contributed by atoms with Crippen LogP contribution in [-0.2, 0) is 6.54 Å². The summed E-state index contributed by atoms with van der Waals surface area (Å²) in [5, 5.41) is 0. The Kier molecular flexibility index (Phi) is 6.19. The smallest absolute Gasteiger partial charge is 0.165 e. The summed E-state index contributed by atoms with van der Waals surface area (Å²) in [6.45, 7) is 3.34. The van der Waals surface area contributed by atoms with E-state index < -0.39 is 0 Å². The first-order valence-electron chi connectivity index (χ1n) is 7.13. The molecule has 0 unspecified atom stereocenters. The standard InChI is InChI=1S/C17H21FN2O/c18-16-8-4-5-9-17(16)21-13-12-20(11-10-19)14-15-6-2-1-3-7-15/h1-9H,10-14,19H2. The molecule has 0 aromatic heterocycles. The van der Waals surface area contributed by atoms with Gasteiger partial charge in [-0.1, -0.05) is 42.5 Å². The average Bonchev–Trinajstić information content (AvgIpc) is 2.50. The summed E-state index contributed by atoms with van der Waals surface area (Å²) in [5.41, 5.74) is 6.88. The van der Waals surface area contributed by atoms with Gasteiger partial charge >= 0.3 is 0 Å². The van der Waals surface area contributed by atoms with E-state index >= 15 is 0 Å². The van der Waals surface area contributed by atoms with Gasteiger partial charge < -0.3 is 10.5 Å². The summed E-state index contributed by atoms with van der Waals surface area (Å²) in [6, 6.07) is 16.7. The zero-order valence-corrected chi connectivity index (χ0v) is 12.0. The molecule has 0 radical (unpaired) electrons. The predicted molar refractivity (Wildman–Crippen MR) is 82.7 cm³/mol. The topological polar surface area (TPSA) is 38.5 Å². The fourth-order valence-electron chi connectivity index (χ4n) is 2.14. The Hall–Kier alpha value is -1.91. The van der Waals surface area contributed by atoms with E-state index in [1.165, 1.54) is 11.6 Å². The lowest BCUT2D eigenvalue weighted by Crippen LogP contribution is -2.32. The molecule has 0 saturated heterocycles. The van der Waals surface area contributed by atoms with Crippen LogP contribution in [0.15, 0.2) is 54.6 Å². The number of benzene rings is 2. The van der Waals surface area contributed by atoms with Gasteiger partial charge in [0.2, 0.25) is 0 Å². The Balaban J connectivity index is 1.84. The molecule has 0 atom stereocenters. The van der Waals surface area contributed by atoms with Crippen molar-refractivity contribution in [3.8, 4) is 5.75 Å². The molecule has 0 aliphatic carbocycles. The normalized spacial score (nSPS) is 10.8. The van der Waals surface area contributed by atoms with Crippen LogP contribution in [0, 0.1) is 5.82 Å². The Bertz CT molecular complexity index is 533. The first-order valence-corrected chi connectivity index (χ1v) is 7.13. The molecule has 0 spiro atoms. The average molecular weight is 288 g/mol. The van der Waals surface area contributed by atoms with E-state index in [9.17, 15) is 4.39 Å². The van der Waals surface area contributed by atoms with Crippen molar-refractivity contribution in [2.24, 2.45) is 5.73 Å². The lowest BCUT2D eigenvalue weighted by Gasteiger charge is -2.21. The molecule has 0 bridgehead atoms. The molecule has 112 valence electrons. The summed E-state index contributed by atoms with van der Waals surface area (Å²) in [6.07, 6.45) is 0. The number of nitrogens with two attached hydrogens (primary N) is 1.